The number of aryl methyl sites for hydroxylation is 2. The van der Waals surface area contributed by atoms with Crippen molar-refractivity contribution in [3.63, 3.8) is 0 Å². The maximum absolute atomic E-state index is 12.7. The van der Waals surface area contributed by atoms with E-state index in [-0.39, 0.29) is 24.1 Å². The summed E-state index contributed by atoms with van der Waals surface area (Å²) in [5.74, 6) is -0.749. The molecule has 0 aliphatic heterocycles. The van der Waals surface area contributed by atoms with Gasteiger partial charge in [-0.2, -0.15) is 13.2 Å². The highest BCUT2D eigenvalue weighted by Gasteiger charge is 2.30. The molecule has 150 valence electrons. The molecule has 0 fully saturated rings. The zero-order chi connectivity index (χ0) is 20.9. The van der Waals surface area contributed by atoms with Crippen LogP contribution in [0.15, 0.2) is 47.4 Å². The van der Waals surface area contributed by atoms with Gasteiger partial charge in [0.25, 0.3) is 0 Å². The largest absolute Gasteiger partial charge is 0.416 e. The standard InChI is InChI=1S/C20H21F3N2O2S/c1-13-7-8-14(2)17(9-13)24-18(26)11-25(3)19(27)12-28-16-6-4-5-15(10-16)20(21,22)23/h4-10H,11-12H2,1-3H3,(H,24,26). The number of amides is 2. The first-order valence-electron chi connectivity index (χ1n) is 8.47. The minimum absolute atomic E-state index is 0.0609. The number of nitrogens with zero attached hydrogens (tertiary/aromatic N) is 1. The van der Waals surface area contributed by atoms with Crippen molar-refractivity contribution in [1.29, 1.82) is 0 Å². The van der Waals surface area contributed by atoms with Crippen molar-refractivity contribution in [2.24, 2.45) is 0 Å². The average molecular weight is 410 g/mol. The molecule has 2 aromatic rings. The van der Waals surface area contributed by atoms with Crippen molar-refractivity contribution in [2.45, 2.75) is 24.9 Å². The maximum Gasteiger partial charge on any atom is 0.416 e. The van der Waals surface area contributed by atoms with E-state index in [1.165, 1.54) is 24.1 Å². The molecule has 4 nitrogen and oxygen atoms in total. The van der Waals surface area contributed by atoms with Gasteiger partial charge in [-0.3, -0.25) is 9.59 Å². The lowest BCUT2D eigenvalue weighted by atomic mass is 10.1. The van der Waals surface area contributed by atoms with E-state index in [0.29, 0.717) is 10.6 Å². The molecule has 0 radical (unpaired) electrons. The number of hydrogen-bond donors (Lipinski definition) is 1. The first-order valence-corrected chi connectivity index (χ1v) is 9.46. The second kappa shape index (κ2) is 9.14. The summed E-state index contributed by atoms with van der Waals surface area (Å²) in [6.45, 7) is 3.64. The number of carbonyl (C=O) groups is 2. The molecule has 0 bridgehead atoms. The van der Waals surface area contributed by atoms with Crippen LogP contribution in [0.5, 0.6) is 0 Å². The molecule has 28 heavy (non-hydrogen) atoms. The summed E-state index contributed by atoms with van der Waals surface area (Å²) < 4.78 is 38.2. The van der Waals surface area contributed by atoms with Crippen LogP contribution in [0.4, 0.5) is 18.9 Å². The fourth-order valence-electron chi connectivity index (χ4n) is 2.38. The quantitative estimate of drug-likeness (QED) is 0.713. The molecule has 0 aliphatic rings. The predicted molar refractivity (Wildman–Crippen MR) is 104 cm³/mol. The van der Waals surface area contributed by atoms with E-state index in [4.69, 9.17) is 0 Å². The molecule has 2 amide bonds. The maximum atomic E-state index is 12.7. The molecule has 0 aliphatic carbocycles. The van der Waals surface area contributed by atoms with Crippen LogP contribution in [0.1, 0.15) is 16.7 Å². The predicted octanol–water partition coefficient (Wildman–Crippen LogP) is 4.51. The minimum Gasteiger partial charge on any atom is -0.336 e. The highest BCUT2D eigenvalue weighted by Crippen LogP contribution is 2.31. The molecule has 2 rings (SSSR count). The van der Waals surface area contributed by atoms with Crippen molar-refractivity contribution < 1.29 is 22.8 Å². The third kappa shape index (κ3) is 6.30. The van der Waals surface area contributed by atoms with E-state index in [2.05, 4.69) is 5.32 Å². The lowest BCUT2D eigenvalue weighted by Gasteiger charge is -2.17. The normalized spacial score (nSPS) is 11.2. The Kier molecular flexibility index (Phi) is 7.12. The van der Waals surface area contributed by atoms with Gasteiger partial charge in [0.15, 0.2) is 0 Å². The van der Waals surface area contributed by atoms with E-state index < -0.39 is 11.7 Å². The molecule has 0 spiro atoms. The zero-order valence-electron chi connectivity index (χ0n) is 15.8. The molecule has 8 heteroatoms. The third-order valence-corrected chi connectivity index (χ3v) is 4.98. The van der Waals surface area contributed by atoms with Gasteiger partial charge >= 0.3 is 6.18 Å². The fourth-order valence-corrected chi connectivity index (χ4v) is 3.28. The highest BCUT2D eigenvalue weighted by atomic mass is 32.2. The van der Waals surface area contributed by atoms with E-state index in [9.17, 15) is 22.8 Å². The monoisotopic (exact) mass is 410 g/mol. The number of hydrogen-bond acceptors (Lipinski definition) is 3. The molecular formula is C20H21F3N2O2S. The number of alkyl halides is 3. The Hall–Kier alpha value is -2.48. The van der Waals surface area contributed by atoms with Crippen LogP contribution >= 0.6 is 11.8 Å². The number of halogens is 3. The molecule has 0 saturated carbocycles. The van der Waals surface area contributed by atoms with Crippen molar-refractivity contribution in [3.8, 4) is 0 Å². The summed E-state index contributed by atoms with van der Waals surface area (Å²) in [6.07, 6.45) is -4.43. The van der Waals surface area contributed by atoms with Gasteiger partial charge in [0.2, 0.25) is 11.8 Å². The van der Waals surface area contributed by atoms with Gasteiger partial charge in [0.1, 0.15) is 0 Å². The molecular weight excluding hydrogens is 389 g/mol. The van der Waals surface area contributed by atoms with E-state index in [0.717, 1.165) is 35.0 Å². The minimum atomic E-state index is -4.43. The second-order valence-electron chi connectivity index (χ2n) is 6.43. The van der Waals surface area contributed by atoms with Gasteiger partial charge in [-0.15, -0.1) is 11.8 Å². The van der Waals surface area contributed by atoms with Gasteiger partial charge in [-0.1, -0.05) is 18.2 Å². The van der Waals surface area contributed by atoms with Crippen LogP contribution in [0, 0.1) is 13.8 Å². The third-order valence-electron chi connectivity index (χ3n) is 4.00. The van der Waals surface area contributed by atoms with Crippen molar-refractivity contribution in [3.05, 3.63) is 59.2 Å². The summed E-state index contributed by atoms with van der Waals surface area (Å²) in [5.41, 5.74) is 1.84. The summed E-state index contributed by atoms with van der Waals surface area (Å²) in [7, 11) is 1.48. The molecule has 0 heterocycles. The van der Waals surface area contributed by atoms with Crippen molar-refractivity contribution in [1.82, 2.24) is 4.90 Å². The number of thioether (sulfide) groups is 1. The first kappa shape index (κ1) is 21.8. The smallest absolute Gasteiger partial charge is 0.336 e. The van der Waals surface area contributed by atoms with Gasteiger partial charge in [-0.05, 0) is 49.2 Å². The number of likely N-dealkylation sites (N-methyl/N-ethyl adjacent to an activating group) is 1. The van der Waals surface area contributed by atoms with Crippen molar-refractivity contribution >= 4 is 29.3 Å². The number of benzene rings is 2. The highest BCUT2D eigenvalue weighted by molar-refractivity contribution is 8.00. The van der Waals surface area contributed by atoms with Crippen LogP contribution in [-0.4, -0.2) is 36.1 Å². The van der Waals surface area contributed by atoms with E-state index in [1.54, 1.807) is 0 Å². The van der Waals surface area contributed by atoms with Gasteiger partial charge in [-0.25, -0.2) is 0 Å². The lowest BCUT2D eigenvalue weighted by molar-refractivity contribution is -0.137. The zero-order valence-corrected chi connectivity index (χ0v) is 16.6. The molecule has 0 atom stereocenters. The summed E-state index contributed by atoms with van der Waals surface area (Å²) in [6, 6.07) is 10.5. The van der Waals surface area contributed by atoms with Crippen LogP contribution < -0.4 is 5.32 Å². The van der Waals surface area contributed by atoms with Crippen LogP contribution in [-0.2, 0) is 15.8 Å². The number of carbonyl (C=O) groups excluding carboxylic acids is 2. The molecule has 0 saturated heterocycles. The lowest BCUT2D eigenvalue weighted by Crippen LogP contribution is -2.36. The summed E-state index contributed by atoms with van der Waals surface area (Å²) in [4.78, 5) is 26.0. The molecule has 1 N–H and O–H groups in total. The van der Waals surface area contributed by atoms with Gasteiger partial charge in [0.05, 0.1) is 17.9 Å². The van der Waals surface area contributed by atoms with Crippen LogP contribution in [0.2, 0.25) is 0 Å². The topological polar surface area (TPSA) is 49.4 Å². The average Bonchev–Trinajstić information content (AvgIpc) is 2.62. The molecule has 0 unspecified atom stereocenters. The van der Waals surface area contributed by atoms with Gasteiger partial charge < -0.3 is 10.2 Å². The Labute approximate surface area is 166 Å². The number of anilines is 1. The molecule has 0 aromatic heterocycles. The van der Waals surface area contributed by atoms with Crippen LogP contribution in [0.3, 0.4) is 0 Å². The van der Waals surface area contributed by atoms with E-state index >= 15 is 0 Å². The SMILES string of the molecule is Cc1ccc(C)c(NC(=O)CN(C)C(=O)CSc2cccc(C(F)(F)F)c2)c1. The summed E-state index contributed by atoms with van der Waals surface area (Å²) >= 11 is 1.000. The Balaban J connectivity index is 1.89. The summed E-state index contributed by atoms with van der Waals surface area (Å²) in [5, 5.41) is 2.77. The van der Waals surface area contributed by atoms with Crippen molar-refractivity contribution in [2.75, 3.05) is 24.7 Å². The van der Waals surface area contributed by atoms with Gasteiger partial charge in [0, 0.05) is 17.6 Å². The Morgan fingerprint density at radius 1 is 1.11 bits per heavy atom. The Bertz CT molecular complexity index is 869. The fraction of sp³-hybridized carbons (Fsp3) is 0.300. The Morgan fingerprint density at radius 3 is 2.50 bits per heavy atom. The van der Waals surface area contributed by atoms with E-state index in [1.807, 2.05) is 32.0 Å². The molecule has 2 aromatic carbocycles. The number of rotatable bonds is 6. The number of nitrogens with one attached hydrogen (secondary N) is 1. The second-order valence-corrected chi connectivity index (χ2v) is 7.48. The van der Waals surface area contributed by atoms with Crippen LogP contribution in [0.25, 0.3) is 0 Å². The first-order chi connectivity index (χ1) is 13.1. The Morgan fingerprint density at radius 2 is 1.82 bits per heavy atom.